The van der Waals surface area contributed by atoms with E-state index in [-0.39, 0.29) is 6.04 Å². The summed E-state index contributed by atoms with van der Waals surface area (Å²) in [6, 6.07) is 0.258. The first-order valence-electron chi connectivity index (χ1n) is 5.42. The van der Waals surface area contributed by atoms with Crippen LogP contribution in [0.1, 0.15) is 26.7 Å². The highest BCUT2D eigenvalue weighted by atomic mass is 32.2. The van der Waals surface area contributed by atoms with E-state index in [9.17, 15) is 8.42 Å². The van der Waals surface area contributed by atoms with Gasteiger partial charge in [-0.05, 0) is 36.0 Å². The summed E-state index contributed by atoms with van der Waals surface area (Å²) in [6.45, 7) is 4.61. The molecule has 0 radical (unpaired) electrons. The Hall–Kier alpha value is -0.0900. The van der Waals surface area contributed by atoms with Gasteiger partial charge in [0.05, 0.1) is 5.75 Å². The summed E-state index contributed by atoms with van der Waals surface area (Å²) >= 11 is 0. The molecular formula is C10H17NO2S. The summed E-state index contributed by atoms with van der Waals surface area (Å²) in [5, 5.41) is 0. The molecule has 1 heterocycles. The molecule has 4 atom stereocenters. The van der Waals surface area contributed by atoms with Crippen molar-refractivity contribution in [2.45, 2.75) is 32.7 Å². The zero-order valence-corrected chi connectivity index (χ0v) is 9.47. The van der Waals surface area contributed by atoms with Crippen LogP contribution in [-0.2, 0) is 10.0 Å². The Balaban J connectivity index is 2.01. The van der Waals surface area contributed by atoms with Crippen LogP contribution >= 0.6 is 0 Å². The maximum atomic E-state index is 11.5. The standard InChI is InChI=1S/C10H17NO2S/c1-10(2)7-3-4-8(10)9-6(7)5-14(12,13)11-9/h6-9,11H,3-5H2,1-2H3/t6-,7-,8-,9-/m1/s1. The van der Waals surface area contributed by atoms with Crippen molar-refractivity contribution < 1.29 is 8.42 Å². The molecule has 1 saturated heterocycles. The summed E-state index contributed by atoms with van der Waals surface area (Å²) < 4.78 is 25.8. The van der Waals surface area contributed by atoms with Crippen molar-refractivity contribution in [2.75, 3.05) is 5.75 Å². The van der Waals surface area contributed by atoms with E-state index in [0.29, 0.717) is 28.9 Å². The Morgan fingerprint density at radius 3 is 2.50 bits per heavy atom. The van der Waals surface area contributed by atoms with Crippen LogP contribution in [0.15, 0.2) is 0 Å². The minimum absolute atomic E-state index is 0.258. The maximum absolute atomic E-state index is 11.5. The second-order valence-corrected chi connectivity index (χ2v) is 7.50. The van der Waals surface area contributed by atoms with E-state index < -0.39 is 10.0 Å². The van der Waals surface area contributed by atoms with E-state index >= 15 is 0 Å². The highest BCUT2D eigenvalue weighted by Crippen LogP contribution is 2.61. The fourth-order valence-electron chi connectivity index (χ4n) is 4.23. The minimum atomic E-state index is -2.93. The molecule has 0 aromatic carbocycles. The van der Waals surface area contributed by atoms with Crippen molar-refractivity contribution >= 4 is 10.0 Å². The number of hydrogen-bond acceptors (Lipinski definition) is 2. The molecule has 1 aliphatic heterocycles. The predicted molar refractivity (Wildman–Crippen MR) is 54.2 cm³/mol. The highest BCUT2D eigenvalue weighted by molar-refractivity contribution is 7.89. The molecule has 0 aromatic heterocycles. The van der Waals surface area contributed by atoms with E-state index in [1.165, 1.54) is 12.8 Å². The van der Waals surface area contributed by atoms with Gasteiger partial charge in [-0.1, -0.05) is 13.8 Å². The largest absolute Gasteiger partial charge is 0.212 e. The van der Waals surface area contributed by atoms with Gasteiger partial charge in [-0.2, -0.15) is 0 Å². The van der Waals surface area contributed by atoms with Gasteiger partial charge in [0.1, 0.15) is 0 Å². The normalized spacial score (nSPS) is 52.1. The second-order valence-electron chi connectivity index (χ2n) is 5.70. The van der Waals surface area contributed by atoms with Gasteiger partial charge in [0, 0.05) is 6.04 Å². The van der Waals surface area contributed by atoms with Crippen molar-refractivity contribution in [1.82, 2.24) is 4.72 Å². The lowest BCUT2D eigenvalue weighted by molar-refractivity contribution is 0.240. The Bertz CT molecular complexity index is 346. The van der Waals surface area contributed by atoms with Crippen LogP contribution in [0, 0.1) is 23.2 Å². The molecule has 3 rings (SSSR count). The molecular weight excluding hydrogens is 198 g/mol. The lowest BCUT2D eigenvalue weighted by atomic mass is 9.80. The monoisotopic (exact) mass is 215 g/mol. The third-order valence-corrected chi connectivity index (χ3v) is 6.29. The van der Waals surface area contributed by atoms with Crippen LogP contribution < -0.4 is 4.72 Å². The summed E-state index contributed by atoms with van der Waals surface area (Å²) in [5.74, 6) is 1.98. The first-order valence-corrected chi connectivity index (χ1v) is 7.07. The highest BCUT2D eigenvalue weighted by Gasteiger charge is 2.62. The molecule has 1 N–H and O–H groups in total. The van der Waals surface area contributed by atoms with Crippen LogP contribution in [0.5, 0.6) is 0 Å². The van der Waals surface area contributed by atoms with Gasteiger partial charge in [-0.25, -0.2) is 13.1 Å². The van der Waals surface area contributed by atoms with E-state index in [0.717, 1.165) is 0 Å². The maximum Gasteiger partial charge on any atom is 0.212 e. The zero-order valence-electron chi connectivity index (χ0n) is 8.66. The number of fused-ring (bicyclic) bond motifs is 5. The molecule has 2 aliphatic carbocycles. The third kappa shape index (κ3) is 0.936. The van der Waals surface area contributed by atoms with Crippen molar-refractivity contribution in [3.05, 3.63) is 0 Å². The Kier molecular flexibility index (Phi) is 1.54. The smallest absolute Gasteiger partial charge is 0.212 e. The SMILES string of the molecule is CC1(C)[C@@H]2CC[C@@H]1[C@@H]1NS(=O)(=O)C[C@@H]12. The molecule has 0 aromatic rings. The first kappa shape index (κ1) is 9.16. The molecule has 3 nitrogen and oxygen atoms in total. The number of hydrogen-bond donors (Lipinski definition) is 1. The molecule has 80 valence electrons. The molecule has 0 spiro atoms. The Morgan fingerprint density at radius 2 is 1.86 bits per heavy atom. The van der Waals surface area contributed by atoms with Crippen LogP contribution in [0.3, 0.4) is 0 Å². The minimum Gasteiger partial charge on any atom is -0.212 e. The third-order valence-electron chi connectivity index (χ3n) is 4.84. The van der Waals surface area contributed by atoms with Crippen LogP contribution in [-0.4, -0.2) is 20.2 Å². The van der Waals surface area contributed by atoms with Gasteiger partial charge in [-0.15, -0.1) is 0 Å². The summed E-state index contributed by atoms with van der Waals surface area (Å²) in [5.41, 5.74) is 0.359. The second kappa shape index (κ2) is 2.35. The Labute approximate surface area is 85.3 Å². The number of rotatable bonds is 0. The topological polar surface area (TPSA) is 46.2 Å². The van der Waals surface area contributed by atoms with Crippen molar-refractivity contribution in [1.29, 1.82) is 0 Å². The summed E-state index contributed by atoms with van der Waals surface area (Å²) in [4.78, 5) is 0. The van der Waals surface area contributed by atoms with Gasteiger partial charge < -0.3 is 0 Å². The average Bonchev–Trinajstić information content (AvgIpc) is 2.54. The van der Waals surface area contributed by atoms with Gasteiger partial charge >= 0.3 is 0 Å². The summed E-state index contributed by atoms with van der Waals surface area (Å²) in [6.07, 6.45) is 2.44. The molecule has 0 unspecified atom stereocenters. The molecule has 2 bridgehead atoms. The molecule has 3 fully saturated rings. The fraction of sp³-hybridized carbons (Fsp3) is 1.00. The van der Waals surface area contributed by atoms with Gasteiger partial charge in [0.2, 0.25) is 10.0 Å². The molecule has 2 saturated carbocycles. The van der Waals surface area contributed by atoms with Gasteiger partial charge in [0.25, 0.3) is 0 Å². The van der Waals surface area contributed by atoms with E-state index in [4.69, 9.17) is 0 Å². The first-order chi connectivity index (χ1) is 6.42. The lowest BCUT2D eigenvalue weighted by Crippen LogP contribution is -2.35. The lowest BCUT2D eigenvalue weighted by Gasteiger charge is -2.26. The van der Waals surface area contributed by atoms with Crippen molar-refractivity contribution in [3.8, 4) is 0 Å². The molecule has 4 heteroatoms. The average molecular weight is 215 g/mol. The molecule has 3 aliphatic rings. The molecule has 14 heavy (non-hydrogen) atoms. The fourth-order valence-corrected chi connectivity index (χ4v) is 6.03. The number of sulfonamides is 1. The van der Waals surface area contributed by atoms with Crippen molar-refractivity contribution in [3.63, 3.8) is 0 Å². The van der Waals surface area contributed by atoms with E-state index in [1.807, 2.05) is 0 Å². The number of nitrogens with one attached hydrogen (secondary N) is 1. The van der Waals surface area contributed by atoms with Crippen molar-refractivity contribution in [2.24, 2.45) is 23.2 Å². The Morgan fingerprint density at radius 1 is 1.21 bits per heavy atom. The van der Waals surface area contributed by atoms with E-state index in [1.54, 1.807) is 0 Å². The van der Waals surface area contributed by atoms with Gasteiger partial charge in [-0.3, -0.25) is 0 Å². The molecule has 0 amide bonds. The van der Waals surface area contributed by atoms with Crippen LogP contribution in [0.4, 0.5) is 0 Å². The van der Waals surface area contributed by atoms with E-state index in [2.05, 4.69) is 18.6 Å². The summed E-state index contributed by atoms with van der Waals surface area (Å²) in [7, 11) is -2.93. The van der Waals surface area contributed by atoms with Gasteiger partial charge in [0.15, 0.2) is 0 Å². The van der Waals surface area contributed by atoms with Crippen LogP contribution in [0.2, 0.25) is 0 Å². The quantitative estimate of drug-likeness (QED) is 0.654. The van der Waals surface area contributed by atoms with Crippen LogP contribution in [0.25, 0.3) is 0 Å². The predicted octanol–water partition coefficient (Wildman–Crippen LogP) is 0.970. The zero-order chi connectivity index (χ0) is 10.1.